The second-order valence-corrected chi connectivity index (χ2v) is 6.44. The number of ether oxygens (including phenoxy) is 1. The summed E-state index contributed by atoms with van der Waals surface area (Å²) in [5.41, 5.74) is 3.45. The van der Waals surface area contributed by atoms with Gasteiger partial charge in [0, 0.05) is 17.6 Å². The van der Waals surface area contributed by atoms with Crippen LogP contribution in [0.5, 0.6) is 11.6 Å². The number of halogens is 1. The van der Waals surface area contributed by atoms with Crippen LogP contribution in [-0.2, 0) is 17.7 Å². The predicted octanol–water partition coefficient (Wildman–Crippen LogP) is 5.47. The Hall–Kier alpha value is -1.54. The van der Waals surface area contributed by atoms with Crippen LogP contribution in [0.25, 0.3) is 0 Å². The van der Waals surface area contributed by atoms with E-state index in [1.807, 2.05) is 24.3 Å². The fraction of sp³-hybridized carbons (Fsp3) is 0.389. The van der Waals surface area contributed by atoms with Crippen LogP contribution in [0.1, 0.15) is 44.5 Å². The van der Waals surface area contributed by atoms with Crippen molar-refractivity contribution in [2.45, 2.75) is 45.4 Å². The van der Waals surface area contributed by atoms with Crippen LogP contribution in [0.15, 0.2) is 36.4 Å². The van der Waals surface area contributed by atoms with Crippen LogP contribution in [0.2, 0.25) is 0 Å². The summed E-state index contributed by atoms with van der Waals surface area (Å²) in [6, 6.07) is 12.1. The molecule has 0 spiro atoms. The van der Waals surface area contributed by atoms with Gasteiger partial charge in [0.1, 0.15) is 5.75 Å². The number of aromatic nitrogens is 1. The fourth-order valence-electron chi connectivity index (χ4n) is 2.07. The summed E-state index contributed by atoms with van der Waals surface area (Å²) >= 11 is 5.92. The molecule has 0 bridgehead atoms. The molecule has 0 radical (unpaired) electrons. The SMILES string of the molecule is CCc1cc(CCl)cc(Oc2ccc(C(C)(C)C)cc2)n1. The summed E-state index contributed by atoms with van der Waals surface area (Å²) < 4.78 is 5.86. The van der Waals surface area contributed by atoms with Crippen LogP contribution in [0, 0.1) is 0 Å². The van der Waals surface area contributed by atoms with E-state index in [-0.39, 0.29) is 5.41 Å². The highest BCUT2D eigenvalue weighted by Gasteiger charge is 2.13. The van der Waals surface area contributed by atoms with Gasteiger partial charge in [0.05, 0.1) is 0 Å². The smallest absolute Gasteiger partial charge is 0.219 e. The zero-order valence-electron chi connectivity index (χ0n) is 13.1. The van der Waals surface area contributed by atoms with Gasteiger partial charge < -0.3 is 4.74 Å². The third-order valence-electron chi connectivity index (χ3n) is 3.37. The van der Waals surface area contributed by atoms with E-state index < -0.39 is 0 Å². The van der Waals surface area contributed by atoms with Gasteiger partial charge in [-0.2, -0.15) is 0 Å². The highest BCUT2D eigenvalue weighted by Crippen LogP contribution is 2.27. The molecular formula is C18H22ClNO. The molecule has 21 heavy (non-hydrogen) atoms. The first-order chi connectivity index (χ1) is 9.92. The van der Waals surface area contributed by atoms with Crippen LogP contribution in [0.4, 0.5) is 0 Å². The van der Waals surface area contributed by atoms with Gasteiger partial charge in [-0.15, -0.1) is 11.6 Å². The molecule has 3 heteroatoms. The molecule has 0 aliphatic carbocycles. The quantitative estimate of drug-likeness (QED) is 0.698. The maximum atomic E-state index is 5.92. The van der Waals surface area contributed by atoms with Crippen molar-refractivity contribution in [2.24, 2.45) is 0 Å². The highest BCUT2D eigenvalue weighted by atomic mass is 35.5. The Balaban J connectivity index is 2.22. The minimum atomic E-state index is 0.144. The average molecular weight is 304 g/mol. The van der Waals surface area contributed by atoms with Gasteiger partial charge in [0.15, 0.2) is 0 Å². The topological polar surface area (TPSA) is 22.1 Å². The Morgan fingerprint density at radius 2 is 1.76 bits per heavy atom. The molecule has 0 aliphatic heterocycles. The van der Waals surface area contributed by atoms with E-state index in [4.69, 9.17) is 16.3 Å². The van der Waals surface area contributed by atoms with Gasteiger partial charge in [-0.05, 0) is 41.2 Å². The van der Waals surface area contributed by atoms with Crippen molar-refractivity contribution in [1.82, 2.24) is 4.98 Å². The van der Waals surface area contributed by atoms with Crippen LogP contribution >= 0.6 is 11.6 Å². The molecule has 0 unspecified atom stereocenters. The Bertz CT molecular complexity index is 577. The molecule has 0 N–H and O–H groups in total. The Morgan fingerprint density at radius 1 is 1.10 bits per heavy atom. The van der Waals surface area contributed by atoms with Crippen LogP contribution in [-0.4, -0.2) is 4.98 Å². The lowest BCUT2D eigenvalue weighted by Gasteiger charge is -2.19. The molecule has 0 fully saturated rings. The van der Waals surface area contributed by atoms with E-state index in [2.05, 4.69) is 44.8 Å². The monoisotopic (exact) mass is 303 g/mol. The second-order valence-electron chi connectivity index (χ2n) is 6.17. The molecule has 2 nitrogen and oxygen atoms in total. The molecule has 0 atom stereocenters. The molecular weight excluding hydrogens is 282 g/mol. The van der Waals surface area contributed by atoms with Crippen LogP contribution in [0.3, 0.4) is 0 Å². The second kappa shape index (κ2) is 6.48. The summed E-state index contributed by atoms with van der Waals surface area (Å²) in [7, 11) is 0. The summed E-state index contributed by atoms with van der Waals surface area (Å²) in [6.07, 6.45) is 0.865. The third kappa shape index (κ3) is 4.21. The summed E-state index contributed by atoms with van der Waals surface area (Å²) in [5, 5.41) is 0. The molecule has 1 aromatic carbocycles. The number of hydrogen-bond donors (Lipinski definition) is 0. The lowest BCUT2D eigenvalue weighted by molar-refractivity contribution is 0.459. The molecule has 0 saturated heterocycles. The molecule has 2 aromatic rings. The van der Waals surface area contributed by atoms with Gasteiger partial charge in [0.25, 0.3) is 0 Å². The van der Waals surface area contributed by atoms with E-state index in [1.165, 1.54) is 5.56 Å². The first-order valence-electron chi connectivity index (χ1n) is 7.26. The Kier molecular flexibility index (Phi) is 4.89. The fourth-order valence-corrected chi connectivity index (χ4v) is 2.23. The molecule has 0 saturated carbocycles. The third-order valence-corrected chi connectivity index (χ3v) is 3.68. The number of hydrogen-bond acceptors (Lipinski definition) is 2. The molecule has 2 rings (SSSR count). The van der Waals surface area contributed by atoms with Gasteiger partial charge in [-0.1, -0.05) is 39.8 Å². The number of benzene rings is 1. The minimum absolute atomic E-state index is 0.144. The van der Waals surface area contributed by atoms with Gasteiger partial charge in [-0.3, -0.25) is 0 Å². The van der Waals surface area contributed by atoms with E-state index in [1.54, 1.807) is 0 Å². The number of alkyl halides is 1. The van der Waals surface area contributed by atoms with E-state index in [0.29, 0.717) is 11.8 Å². The summed E-state index contributed by atoms with van der Waals surface area (Å²) in [6.45, 7) is 8.66. The van der Waals surface area contributed by atoms with Gasteiger partial charge in [0.2, 0.25) is 5.88 Å². The van der Waals surface area contributed by atoms with Crippen molar-refractivity contribution >= 4 is 11.6 Å². The first-order valence-corrected chi connectivity index (χ1v) is 7.80. The zero-order chi connectivity index (χ0) is 15.5. The summed E-state index contributed by atoms with van der Waals surface area (Å²) in [5.74, 6) is 1.87. The largest absolute Gasteiger partial charge is 0.439 e. The van der Waals surface area contributed by atoms with Crippen molar-refractivity contribution in [1.29, 1.82) is 0 Å². The average Bonchev–Trinajstić information content (AvgIpc) is 2.46. The number of nitrogens with zero attached hydrogens (tertiary/aromatic N) is 1. The normalized spacial score (nSPS) is 11.5. The van der Waals surface area contributed by atoms with E-state index in [9.17, 15) is 0 Å². The maximum Gasteiger partial charge on any atom is 0.219 e. The standard InChI is InChI=1S/C18H22ClNO/c1-5-15-10-13(12-19)11-17(20-15)21-16-8-6-14(7-9-16)18(2,3)4/h6-11H,5,12H2,1-4H3. The van der Waals surface area contributed by atoms with Crippen molar-refractivity contribution in [3.63, 3.8) is 0 Å². The number of pyridine rings is 1. The Morgan fingerprint density at radius 3 is 2.29 bits per heavy atom. The van der Waals surface area contributed by atoms with Gasteiger partial charge >= 0.3 is 0 Å². The summed E-state index contributed by atoms with van der Waals surface area (Å²) in [4.78, 5) is 4.49. The maximum absolute atomic E-state index is 5.92. The van der Waals surface area contributed by atoms with E-state index in [0.717, 1.165) is 23.4 Å². The molecule has 0 amide bonds. The number of rotatable bonds is 4. The van der Waals surface area contributed by atoms with Gasteiger partial charge in [-0.25, -0.2) is 4.98 Å². The van der Waals surface area contributed by atoms with Crippen molar-refractivity contribution in [3.8, 4) is 11.6 Å². The lowest BCUT2D eigenvalue weighted by atomic mass is 9.87. The zero-order valence-corrected chi connectivity index (χ0v) is 13.9. The van der Waals surface area contributed by atoms with Crippen molar-refractivity contribution < 1.29 is 4.74 Å². The van der Waals surface area contributed by atoms with Crippen molar-refractivity contribution in [2.75, 3.05) is 0 Å². The predicted molar refractivity (Wildman–Crippen MR) is 88.4 cm³/mol. The van der Waals surface area contributed by atoms with E-state index >= 15 is 0 Å². The minimum Gasteiger partial charge on any atom is -0.439 e. The number of aryl methyl sites for hydroxylation is 1. The first kappa shape index (κ1) is 15.8. The van der Waals surface area contributed by atoms with Crippen LogP contribution < -0.4 is 4.74 Å². The van der Waals surface area contributed by atoms with Crippen molar-refractivity contribution in [3.05, 3.63) is 53.2 Å². The lowest BCUT2D eigenvalue weighted by Crippen LogP contribution is -2.10. The molecule has 1 heterocycles. The Labute approximate surface area is 132 Å². The molecule has 0 aliphatic rings. The highest BCUT2D eigenvalue weighted by molar-refractivity contribution is 6.17. The molecule has 112 valence electrons. The molecule has 1 aromatic heterocycles.